The van der Waals surface area contributed by atoms with Gasteiger partial charge in [-0.15, -0.1) is 0 Å². The number of aromatic nitrogens is 2. The normalized spacial score (nSPS) is 16.6. The van der Waals surface area contributed by atoms with E-state index in [1.807, 2.05) is 24.3 Å². The van der Waals surface area contributed by atoms with Gasteiger partial charge in [-0.05, 0) is 50.2 Å². The van der Waals surface area contributed by atoms with Crippen molar-refractivity contribution in [1.29, 1.82) is 0 Å². The Balaban J connectivity index is 1.53. The largest absolute Gasteiger partial charge is 0.497 e. The number of carbonyl (C=O) groups is 1. The second kappa shape index (κ2) is 7.58. The summed E-state index contributed by atoms with van der Waals surface area (Å²) in [5.41, 5.74) is 0.625. The van der Waals surface area contributed by atoms with E-state index in [9.17, 15) is 4.79 Å². The number of methoxy groups -OCH3 is 1. The topological polar surface area (TPSA) is 68.5 Å². The summed E-state index contributed by atoms with van der Waals surface area (Å²) in [5, 5.41) is 4.09. The first-order valence-electron chi connectivity index (χ1n) is 9.10. The Labute approximate surface area is 154 Å². The van der Waals surface area contributed by atoms with Gasteiger partial charge >= 0.3 is 0 Å². The van der Waals surface area contributed by atoms with Crippen LogP contribution in [0, 0.1) is 5.92 Å². The number of hydrogen-bond acceptors (Lipinski definition) is 6. The van der Waals surface area contributed by atoms with Gasteiger partial charge in [-0.2, -0.15) is 4.98 Å². The molecule has 1 aromatic carbocycles. The Morgan fingerprint density at radius 2 is 1.88 bits per heavy atom. The molecule has 0 amide bonds. The molecular weight excluding hydrogens is 330 g/mol. The fourth-order valence-corrected chi connectivity index (χ4v) is 3.17. The van der Waals surface area contributed by atoms with Crippen LogP contribution >= 0.6 is 0 Å². The minimum absolute atomic E-state index is 0.0787. The first kappa shape index (κ1) is 18.6. The molecule has 0 N–H and O–H groups in total. The van der Waals surface area contributed by atoms with Gasteiger partial charge in [0.25, 0.3) is 0 Å². The molecule has 26 heavy (non-hydrogen) atoms. The summed E-state index contributed by atoms with van der Waals surface area (Å²) in [5.74, 6) is 2.45. The molecule has 6 heteroatoms. The molecule has 1 saturated heterocycles. The molecule has 0 unspecified atom stereocenters. The molecule has 140 valence electrons. The van der Waals surface area contributed by atoms with Crippen LogP contribution in [0.3, 0.4) is 0 Å². The quantitative estimate of drug-likeness (QED) is 0.763. The van der Waals surface area contributed by atoms with Crippen LogP contribution in [0.5, 0.6) is 5.75 Å². The zero-order chi connectivity index (χ0) is 18.7. The highest BCUT2D eigenvalue weighted by atomic mass is 16.5. The maximum absolute atomic E-state index is 12.7. The van der Waals surface area contributed by atoms with Crippen LogP contribution < -0.4 is 4.74 Å². The Bertz CT molecular complexity index is 738. The zero-order valence-corrected chi connectivity index (χ0v) is 16.0. The van der Waals surface area contributed by atoms with Crippen molar-refractivity contribution < 1.29 is 14.1 Å². The van der Waals surface area contributed by atoms with Crippen molar-refractivity contribution in [2.75, 3.05) is 20.2 Å². The van der Waals surface area contributed by atoms with Crippen LogP contribution in [0.4, 0.5) is 0 Å². The number of ketones is 1. The van der Waals surface area contributed by atoms with E-state index in [0.29, 0.717) is 12.4 Å². The molecule has 0 atom stereocenters. The molecule has 2 heterocycles. The lowest BCUT2D eigenvalue weighted by Gasteiger charge is -2.30. The van der Waals surface area contributed by atoms with Gasteiger partial charge in [-0.1, -0.05) is 25.9 Å². The van der Waals surface area contributed by atoms with Crippen molar-refractivity contribution in [2.45, 2.75) is 45.6 Å². The van der Waals surface area contributed by atoms with Crippen LogP contribution in [0.1, 0.15) is 55.7 Å². The number of hydrogen-bond donors (Lipinski definition) is 0. The number of likely N-dealkylation sites (tertiary alicyclic amines) is 1. The summed E-state index contributed by atoms with van der Waals surface area (Å²) in [7, 11) is 1.63. The summed E-state index contributed by atoms with van der Waals surface area (Å²) < 4.78 is 10.5. The van der Waals surface area contributed by atoms with E-state index < -0.39 is 0 Å². The molecule has 0 bridgehead atoms. The zero-order valence-electron chi connectivity index (χ0n) is 16.0. The molecule has 1 aromatic heterocycles. The summed E-state index contributed by atoms with van der Waals surface area (Å²) in [4.78, 5) is 19.5. The van der Waals surface area contributed by atoms with Gasteiger partial charge in [-0.25, -0.2) is 0 Å². The highest BCUT2D eigenvalue weighted by Gasteiger charge is 2.27. The fraction of sp³-hybridized carbons (Fsp3) is 0.550. The second-order valence-electron chi connectivity index (χ2n) is 7.91. The van der Waals surface area contributed by atoms with Crippen molar-refractivity contribution in [3.8, 4) is 5.75 Å². The van der Waals surface area contributed by atoms with Crippen molar-refractivity contribution in [3.05, 3.63) is 41.5 Å². The third kappa shape index (κ3) is 4.30. The smallest absolute Gasteiger partial charge is 0.232 e. The van der Waals surface area contributed by atoms with Gasteiger partial charge in [0.2, 0.25) is 5.89 Å². The number of piperidine rings is 1. The lowest BCUT2D eigenvalue weighted by atomic mass is 9.89. The van der Waals surface area contributed by atoms with Gasteiger partial charge in [-0.3, -0.25) is 9.69 Å². The average molecular weight is 357 g/mol. The van der Waals surface area contributed by atoms with Crippen molar-refractivity contribution in [3.63, 3.8) is 0 Å². The van der Waals surface area contributed by atoms with Crippen LogP contribution in [0.15, 0.2) is 28.8 Å². The Morgan fingerprint density at radius 3 is 2.42 bits per heavy atom. The monoisotopic (exact) mass is 357 g/mol. The minimum atomic E-state index is -0.136. The Hall–Kier alpha value is -2.21. The van der Waals surface area contributed by atoms with Gasteiger partial charge < -0.3 is 9.26 Å². The van der Waals surface area contributed by atoms with Crippen LogP contribution in [-0.4, -0.2) is 41.0 Å². The first-order valence-corrected chi connectivity index (χ1v) is 9.10. The molecule has 1 aliphatic rings. The van der Waals surface area contributed by atoms with E-state index in [-0.39, 0.29) is 17.1 Å². The summed E-state index contributed by atoms with van der Waals surface area (Å²) >= 11 is 0. The van der Waals surface area contributed by atoms with Crippen molar-refractivity contribution in [1.82, 2.24) is 15.0 Å². The van der Waals surface area contributed by atoms with Gasteiger partial charge in [0.05, 0.1) is 13.7 Å². The molecule has 6 nitrogen and oxygen atoms in total. The predicted octanol–water partition coefficient (Wildman–Crippen LogP) is 3.47. The first-order chi connectivity index (χ1) is 12.4. The minimum Gasteiger partial charge on any atom is -0.497 e. The average Bonchev–Trinajstić information content (AvgIpc) is 3.11. The summed E-state index contributed by atoms with van der Waals surface area (Å²) in [6.45, 7) is 8.57. The third-order valence-corrected chi connectivity index (χ3v) is 4.81. The van der Waals surface area contributed by atoms with Crippen LogP contribution in [0.25, 0.3) is 0 Å². The van der Waals surface area contributed by atoms with E-state index in [2.05, 4.69) is 35.8 Å². The number of Topliss-reactive ketones (excluding diaryl/α,β-unsaturated/α-hetero) is 1. The maximum Gasteiger partial charge on any atom is 0.232 e. The third-order valence-electron chi connectivity index (χ3n) is 4.81. The SMILES string of the molecule is COc1ccc(C(=O)C2CCN(Cc3noc(C(C)(C)C)n3)CC2)cc1. The molecule has 1 fully saturated rings. The fourth-order valence-electron chi connectivity index (χ4n) is 3.17. The molecule has 1 aliphatic heterocycles. The molecule has 2 aromatic rings. The standard InChI is InChI=1S/C20H27N3O3/c1-20(2,3)19-21-17(22-26-19)13-23-11-9-15(10-12-23)18(24)14-5-7-16(25-4)8-6-14/h5-8,15H,9-13H2,1-4H3. The molecular formula is C20H27N3O3. The van der Waals surface area contributed by atoms with Gasteiger partial charge in [0.1, 0.15) is 5.75 Å². The van der Waals surface area contributed by atoms with E-state index >= 15 is 0 Å². The predicted molar refractivity (Wildman–Crippen MR) is 98.3 cm³/mol. The Morgan fingerprint density at radius 1 is 1.23 bits per heavy atom. The lowest BCUT2D eigenvalue weighted by Crippen LogP contribution is -2.36. The highest BCUT2D eigenvalue weighted by molar-refractivity contribution is 5.98. The molecule has 0 radical (unpaired) electrons. The second-order valence-corrected chi connectivity index (χ2v) is 7.91. The number of rotatable bonds is 5. The number of carbonyl (C=O) groups excluding carboxylic acids is 1. The van der Waals surface area contributed by atoms with Crippen LogP contribution in [0.2, 0.25) is 0 Å². The number of ether oxygens (including phenoxy) is 1. The summed E-state index contributed by atoms with van der Waals surface area (Å²) in [6, 6.07) is 7.37. The summed E-state index contributed by atoms with van der Waals surface area (Å²) in [6.07, 6.45) is 1.71. The molecule has 0 aliphatic carbocycles. The lowest BCUT2D eigenvalue weighted by molar-refractivity contribution is 0.0832. The van der Waals surface area contributed by atoms with E-state index in [1.165, 1.54) is 0 Å². The molecule has 0 saturated carbocycles. The number of benzene rings is 1. The van der Waals surface area contributed by atoms with Crippen LogP contribution in [-0.2, 0) is 12.0 Å². The maximum atomic E-state index is 12.7. The van der Waals surface area contributed by atoms with E-state index in [0.717, 1.165) is 43.1 Å². The van der Waals surface area contributed by atoms with Gasteiger partial charge in [0.15, 0.2) is 11.6 Å². The highest BCUT2D eigenvalue weighted by Crippen LogP contribution is 2.24. The van der Waals surface area contributed by atoms with E-state index in [4.69, 9.17) is 9.26 Å². The van der Waals surface area contributed by atoms with Crippen molar-refractivity contribution in [2.24, 2.45) is 5.92 Å². The Kier molecular flexibility index (Phi) is 5.41. The van der Waals surface area contributed by atoms with Crippen molar-refractivity contribution >= 4 is 5.78 Å². The van der Waals surface area contributed by atoms with Gasteiger partial charge in [0, 0.05) is 16.9 Å². The molecule has 3 rings (SSSR count). The number of nitrogens with zero attached hydrogens (tertiary/aromatic N) is 3. The molecule has 0 spiro atoms. The van der Waals surface area contributed by atoms with E-state index in [1.54, 1.807) is 7.11 Å².